The second-order valence-electron chi connectivity index (χ2n) is 7.43. The molecular formula is C14H8F21NO4S. The molecule has 0 bridgehead atoms. The zero-order valence-electron chi connectivity index (χ0n) is 18.4. The molecule has 0 spiro atoms. The van der Waals surface area contributed by atoms with E-state index in [0.29, 0.717) is 0 Å². The van der Waals surface area contributed by atoms with Crippen LogP contribution < -0.4 is 0 Å². The zero-order chi connectivity index (χ0) is 34.1. The Morgan fingerprint density at radius 3 is 1.00 bits per heavy atom. The Morgan fingerprint density at radius 1 is 0.537 bits per heavy atom. The topological polar surface area (TPSA) is 74.7 Å². The van der Waals surface area contributed by atoms with Crippen LogP contribution in [0, 0.1) is 0 Å². The number of hydrogen-bond acceptors (Lipinski definition) is 3. The molecule has 0 radical (unpaired) electrons. The van der Waals surface area contributed by atoms with Gasteiger partial charge in [0.2, 0.25) is 0 Å². The van der Waals surface area contributed by atoms with Crippen LogP contribution in [0.3, 0.4) is 0 Å². The van der Waals surface area contributed by atoms with Gasteiger partial charge in [-0.25, -0.2) is 8.42 Å². The SMILES string of the molecule is CCN(CC(=O)O)S(=O)(=O)C(F)(F)C(F)(F)C(F)(F)C(F)(F)C(F)(F)C(F)(F)C(F)(F)C(F)(F)C(F)(F)C(F)(F)F. The molecule has 0 rings (SSSR count). The Kier molecular flexibility index (Phi) is 9.48. The molecule has 5 nitrogen and oxygen atoms in total. The molecule has 0 saturated heterocycles. The highest BCUT2D eigenvalue weighted by Crippen LogP contribution is 2.66. The molecule has 0 aromatic rings. The highest BCUT2D eigenvalue weighted by molar-refractivity contribution is 7.90. The molecule has 0 saturated carbocycles. The number of nitrogens with zero attached hydrogens (tertiary/aromatic N) is 1. The third-order valence-corrected chi connectivity index (χ3v) is 6.78. The van der Waals surface area contributed by atoms with Crippen LogP contribution in [0.2, 0.25) is 0 Å². The Hall–Kier alpha value is -2.09. The Labute approximate surface area is 210 Å². The molecule has 41 heavy (non-hydrogen) atoms. The van der Waals surface area contributed by atoms with Gasteiger partial charge in [-0.2, -0.15) is 96.5 Å². The molecule has 1 N–H and O–H groups in total. The molecule has 0 aliphatic rings. The van der Waals surface area contributed by atoms with Crippen LogP contribution >= 0.6 is 0 Å². The van der Waals surface area contributed by atoms with Crippen molar-refractivity contribution in [2.45, 2.75) is 65.7 Å². The third kappa shape index (κ3) is 4.90. The van der Waals surface area contributed by atoms with Crippen LogP contribution in [0.25, 0.3) is 0 Å². The van der Waals surface area contributed by atoms with Crippen molar-refractivity contribution in [1.82, 2.24) is 4.31 Å². The quantitative estimate of drug-likeness (QED) is 0.243. The number of rotatable bonds is 13. The smallest absolute Gasteiger partial charge is 0.460 e. The number of likely N-dealkylation sites (N-methyl/N-ethyl adjacent to an activating group) is 1. The maximum atomic E-state index is 14.0. The summed E-state index contributed by atoms with van der Waals surface area (Å²) in [6.45, 7) is -3.87. The van der Waals surface area contributed by atoms with Crippen LogP contribution in [0.5, 0.6) is 0 Å². The molecule has 0 aromatic carbocycles. The lowest BCUT2D eigenvalue weighted by Gasteiger charge is -2.44. The number of alkyl halides is 21. The van der Waals surface area contributed by atoms with Gasteiger partial charge in [-0.1, -0.05) is 6.92 Å². The first-order valence-electron chi connectivity index (χ1n) is 9.06. The van der Waals surface area contributed by atoms with Crippen LogP contribution in [-0.4, -0.2) is 95.7 Å². The van der Waals surface area contributed by atoms with E-state index in [2.05, 4.69) is 0 Å². The summed E-state index contributed by atoms with van der Waals surface area (Å²) < 4.78 is 301. The van der Waals surface area contributed by atoms with Gasteiger partial charge in [-0.05, 0) is 0 Å². The van der Waals surface area contributed by atoms with E-state index in [-0.39, 0.29) is 6.92 Å². The van der Waals surface area contributed by atoms with E-state index < -0.39 is 92.2 Å². The van der Waals surface area contributed by atoms with Crippen molar-refractivity contribution >= 4 is 16.0 Å². The van der Waals surface area contributed by atoms with Crippen molar-refractivity contribution in [3.8, 4) is 0 Å². The number of sulfonamides is 1. The maximum absolute atomic E-state index is 14.0. The predicted octanol–water partition coefficient (Wildman–Crippen LogP) is 5.96. The van der Waals surface area contributed by atoms with Crippen molar-refractivity contribution in [1.29, 1.82) is 0 Å². The molecule has 0 aromatic heterocycles. The standard InChI is InChI=1S/C14H8F21NO4S/c1-2-36(3-4(37)38)41(39,40)14(34,35)12(29,30)10(25,26)8(21,22)6(17,18)5(15,16)7(19,20)9(23,24)11(27,28)13(31,32)33/h2-3H2,1H3,(H,37,38). The number of carboxylic acids is 1. The predicted molar refractivity (Wildman–Crippen MR) is 84.4 cm³/mol. The van der Waals surface area contributed by atoms with E-state index >= 15 is 0 Å². The number of hydrogen-bond donors (Lipinski definition) is 1. The summed E-state index contributed by atoms with van der Waals surface area (Å²) in [5, 5.41) is 0.350. The molecule has 27 heteroatoms. The highest BCUT2D eigenvalue weighted by Gasteiger charge is 2.98. The van der Waals surface area contributed by atoms with Crippen molar-refractivity contribution in [2.75, 3.05) is 13.1 Å². The summed E-state index contributed by atoms with van der Waals surface area (Å²) in [4.78, 5) is 10.5. The van der Waals surface area contributed by atoms with Crippen LogP contribution in [-0.2, 0) is 14.8 Å². The molecule has 0 aliphatic carbocycles. The number of aliphatic carboxylic acids is 1. The minimum absolute atomic E-state index is 0.273. The second-order valence-corrected chi connectivity index (χ2v) is 9.41. The van der Waals surface area contributed by atoms with E-state index in [1.807, 2.05) is 0 Å². The molecule has 0 aliphatic heterocycles. The molecule has 0 fully saturated rings. The van der Waals surface area contributed by atoms with Gasteiger partial charge in [-0.3, -0.25) is 4.79 Å². The molecule has 246 valence electrons. The van der Waals surface area contributed by atoms with E-state index in [1.54, 1.807) is 0 Å². The number of carbonyl (C=O) groups is 1. The molecule has 0 atom stereocenters. The van der Waals surface area contributed by atoms with Crippen LogP contribution in [0.15, 0.2) is 0 Å². The first-order chi connectivity index (χ1) is 17.4. The normalized spacial score (nSPS) is 16.4. The average molecular weight is 685 g/mol. The Bertz CT molecular complexity index is 1100. The Balaban J connectivity index is 7.33. The van der Waals surface area contributed by atoms with E-state index in [9.17, 15) is 105 Å². The minimum atomic E-state index is -9.42. The van der Waals surface area contributed by atoms with Gasteiger partial charge in [0.15, 0.2) is 0 Å². The first kappa shape index (κ1) is 38.9. The van der Waals surface area contributed by atoms with Gasteiger partial charge in [-0.15, -0.1) is 0 Å². The second kappa shape index (κ2) is 9.99. The summed E-state index contributed by atoms with van der Waals surface area (Å²) >= 11 is 0. The van der Waals surface area contributed by atoms with Crippen LogP contribution in [0.1, 0.15) is 6.92 Å². The number of carboxylic acid groups (broad SMARTS) is 1. The Morgan fingerprint density at radius 2 is 0.780 bits per heavy atom. The lowest BCUT2D eigenvalue weighted by molar-refractivity contribution is -0.472. The van der Waals surface area contributed by atoms with Gasteiger partial charge in [0.05, 0.1) is 0 Å². The maximum Gasteiger partial charge on any atom is 0.460 e. The molecular weight excluding hydrogens is 677 g/mol. The molecule has 0 heterocycles. The fourth-order valence-corrected chi connectivity index (χ4v) is 3.78. The molecule has 0 amide bonds. The van der Waals surface area contributed by atoms with Crippen molar-refractivity contribution in [3.63, 3.8) is 0 Å². The van der Waals surface area contributed by atoms with E-state index in [0.717, 1.165) is 0 Å². The lowest BCUT2D eigenvalue weighted by Crippen LogP contribution is -2.77. The van der Waals surface area contributed by atoms with Crippen molar-refractivity contribution in [2.24, 2.45) is 0 Å². The van der Waals surface area contributed by atoms with Gasteiger partial charge in [0.1, 0.15) is 6.54 Å². The zero-order valence-corrected chi connectivity index (χ0v) is 19.2. The number of halogens is 21. The van der Waals surface area contributed by atoms with E-state index in [1.165, 1.54) is 0 Å². The lowest BCUT2D eigenvalue weighted by atomic mass is 9.87. The largest absolute Gasteiger partial charge is 0.480 e. The van der Waals surface area contributed by atoms with E-state index in [4.69, 9.17) is 5.11 Å². The average Bonchev–Trinajstić information content (AvgIpc) is 2.74. The summed E-state index contributed by atoms with van der Waals surface area (Å²) in [5.74, 6) is -75.4. The van der Waals surface area contributed by atoms with Gasteiger partial charge < -0.3 is 5.11 Å². The van der Waals surface area contributed by atoms with Gasteiger partial charge in [0, 0.05) is 6.54 Å². The fraction of sp³-hybridized carbons (Fsp3) is 0.929. The van der Waals surface area contributed by atoms with Crippen LogP contribution in [0.4, 0.5) is 92.2 Å². The highest BCUT2D eigenvalue weighted by atomic mass is 32.2. The fourth-order valence-electron chi connectivity index (χ4n) is 2.39. The minimum Gasteiger partial charge on any atom is -0.480 e. The summed E-state index contributed by atoms with van der Waals surface area (Å²) in [7, 11) is -7.78. The third-order valence-electron chi connectivity index (χ3n) is 4.81. The monoisotopic (exact) mass is 685 g/mol. The summed E-state index contributed by atoms with van der Waals surface area (Å²) in [5.41, 5.74) is 0. The van der Waals surface area contributed by atoms with Crippen molar-refractivity contribution < 1.29 is 111 Å². The van der Waals surface area contributed by atoms with Crippen molar-refractivity contribution in [3.05, 3.63) is 0 Å². The van der Waals surface area contributed by atoms with Gasteiger partial charge >= 0.3 is 64.8 Å². The van der Waals surface area contributed by atoms with Gasteiger partial charge in [0.25, 0.3) is 10.0 Å². The molecule has 0 unspecified atom stereocenters. The first-order valence-corrected chi connectivity index (χ1v) is 10.5. The summed E-state index contributed by atoms with van der Waals surface area (Å²) in [6.07, 6.45) is -8.11. The summed E-state index contributed by atoms with van der Waals surface area (Å²) in [6, 6.07) is 0.